The van der Waals surface area contributed by atoms with Crippen molar-refractivity contribution in [2.75, 3.05) is 11.9 Å². The van der Waals surface area contributed by atoms with Gasteiger partial charge in [-0.2, -0.15) is 11.3 Å². The summed E-state index contributed by atoms with van der Waals surface area (Å²) < 4.78 is 0. The minimum atomic E-state index is -0.399. The van der Waals surface area contributed by atoms with Crippen LogP contribution in [-0.4, -0.2) is 16.5 Å². The molecule has 0 aliphatic rings. The topological polar surface area (TPSA) is 68.1 Å². The number of hydrogen-bond donors (Lipinski definition) is 1. The molecule has 0 spiro atoms. The Labute approximate surface area is 109 Å². The summed E-state index contributed by atoms with van der Waals surface area (Å²) in [4.78, 5) is 14.9. The van der Waals surface area contributed by atoms with Crippen LogP contribution in [0.3, 0.4) is 0 Å². The number of pyridine rings is 1. The van der Waals surface area contributed by atoms with Crippen LogP contribution in [-0.2, 0) is 0 Å². The normalized spacial score (nSPS) is 10.3. The molecule has 94 valence electrons. The molecular formula is C12H13N3O2S. The summed E-state index contributed by atoms with van der Waals surface area (Å²) in [5.41, 5.74) is 1.24. The van der Waals surface area contributed by atoms with Crippen molar-refractivity contribution in [1.82, 2.24) is 4.98 Å². The molecule has 0 radical (unpaired) electrons. The molecule has 2 aromatic heterocycles. The first kappa shape index (κ1) is 12.5. The smallest absolute Gasteiger partial charge is 0.295 e. The first-order chi connectivity index (χ1) is 8.72. The summed E-state index contributed by atoms with van der Waals surface area (Å²) in [6, 6.07) is 4.98. The third kappa shape index (κ3) is 2.65. The van der Waals surface area contributed by atoms with Gasteiger partial charge in [0.15, 0.2) is 5.69 Å². The maximum Gasteiger partial charge on any atom is 0.295 e. The Morgan fingerprint density at radius 1 is 1.44 bits per heavy atom. The van der Waals surface area contributed by atoms with E-state index in [1.54, 1.807) is 6.07 Å². The van der Waals surface area contributed by atoms with Crippen LogP contribution in [0.2, 0.25) is 0 Å². The van der Waals surface area contributed by atoms with Crippen LogP contribution >= 0.6 is 11.3 Å². The summed E-state index contributed by atoms with van der Waals surface area (Å²) in [6.07, 6.45) is 0.979. The number of anilines is 1. The average Bonchev–Trinajstić information content (AvgIpc) is 2.89. The lowest BCUT2D eigenvalue weighted by Crippen LogP contribution is -2.03. The number of thiophene rings is 1. The molecule has 18 heavy (non-hydrogen) atoms. The number of aromatic nitrogens is 1. The summed E-state index contributed by atoms with van der Waals surface area (Å²) in [6.45, 7) is 2.85. The van der Waals surface area contributed by atoms with Crippen molar-refractivity contribution in [1.29, 1.82) is 0 Å². The molecule has 0 saturated carbocycles. The van der Waals surface area contributed by atoms with Gasteiger partial charge in [0.25, 0.3) is 5.69 Å². The number of nitrogens with one attached hydrogen (secondary N) is 1. The van der Waals surface area contributed by atoms with E-state index in [0.29, 0.717) is 11.5 Å². The molecule has 5 nitrogen and oxygen atoms in total. The number of rotatable bonds is 5. The molecule has 0 aliphatic carbocycles. The fourth-order valence-electron chi connectivity index (χ4n) is 1.56. The third-order valence-corrected chi connectivity index (χ3v) is 3.10. The van der Waals surface area contributed by atoms with E-state index in [1.165, 1.54) is 17.4 Å². The van der Waals surface area contributed by atoms with Crippen molar-refractivity contribution < 1.29 is 4.92 Å². The van der Waals surface area contributed by atoms with Crippen LogP contribution in [0.15, 0.2) is 29.0 Å². The SMILES string of the molecule is CCCNc1ccc([N+](=O)[O-])c(-c2ccsc2)n1. The molecule has 2 rings (SSSR count). The lowest BCUT2D eigenvalue weighted by molar-refractivity contribution is -0.384. The standard InChI is InChI=1S/C12H13N3O2S/c1-2-6-13-11-4-3-10(15(16)17)12(14-11)9-5-7-18-8-9/h3-5,7-8H,2,6H2,1H3,(H,13,14). The van der Waals surface area contributed by atoms with Gasteiger partial charge in [0.1, 0.15) is 5.82 Å². The third-order valence-electron chi connectivity index (χ3n) is 2.42. The predicted molar refractivity (Wildman–Crippen MR) is 73.0 cm³/mol. The van der Waals surface area contributed by atoms with Gasteiger partial charge in [-0.05, 0) is 23.9 Å². The average molecular weight is 263 g/mol. The largest absolute Gasteiger partial charge is 0.370 e. The molecule has 0 unspecified atom stereocenters. The molecule has 0 fully saturated rings. The van der Waals surface area contributed by atoms with Gasteiger partial charge in [-0.25, -0.2) is 4.98 Å². The van der Waals surface area contributed by atoms with Crippen LogP contribution in [0.25, 0.3) is 11.3 Å². The Morgan fingerprint density at radius 2 is 2.28 bits per heavy atom. The lowest BCUT2D eigenvalue weighted by Gasteiger charge is -2.06. The lowest BCUT2D eigenvalue weighted by atomic mass is 10.2. The minimum absolute atomic E-state index is 0.0375. The fraction of sp³-hybridized carbons (Fsp3) is 0.250. The molecular weight excluding hydrogens is 250 g/mol. The van der Waals surface area contributed by atoms with Crippen LogP contribution < -0.4 is 5.32 Å². The molecule has 0 bridgehead atoms. The molecule has 0 aromatic carbocycles. The molecule has 0 amide bonds. The van der Waals surface area contributed by atoms with E-state index in [1.807, 2.05) is 16.8 Å². The molecule has 0 atom stereocenters. The van der Waals surface area contributed by atoms with Crippen LogP contribution in [0.1, 0.15) is 13.3 Å². The summed E-state index contributed by atoms with van der Waals surface area (Å²) in [5, 5.41) is 17.9. The van der Waals surface area contributed by atoms with E-state index < -0.39 is 4.92 Å². The molecule has 6 heteroatoms. The van der Waals surface area contributed by atoms with E-state index in [-0.39, 0.29) is 5.69 Å². The highest BCUT2D eigenvalue weighted by Crippen LogP contribution is 2.30. The second kappa shape index (κ2) is 5.59. The van der Waals surface area contributed by atoms with Gasteiger partial charge in [-0.3, -0.25) is 10.1 Å². The Morgan fingerprint density at radius 3 is 2.89 bits per heavy atom. The maximum atomic E-state index is 11.0. The Kier molecular flexibility index (Phi) is 3.88. The van der Waals surface area contributed by atoms with E-state index in [2.05, 4.69) is 17.2 Å². The first-order valence-electron chi connectivity index (χ1n) is 5.64. The van der Waals surface area contributed by atoms with E-state index in [9.17, 15) is 10.1 Å². The van der Waals surface area contributed by atoms with Crippen LogP contribution in [0.4, 0.5) is 11.5 Å². The molecule has 0 aliphatic heterocycles. The van der Waals surface area contributed by atoms with Gasteiger partial charge in [0.2, 0.25) is 0 Å². The van der Waals surface area contributed by atoms with Crippen molar-refractivity contribution in [3.05, 3.63) is 39.1 Å². The van der Waals surface area contributed by atoms with Gasteiger partial charge < -0.3 is 5.32 Å². The van der Waals surface area contributed by atoms with E-state index >= 15 is 0 Å². The van der Waals surface area contributed by atoms with Crippen molar-refractivity contribution in [3.8, 4) is 11.3 Å². The Hall–Kier alpha value is -1.95. The quantitative estimate of drug-likeness (QED) is 0.661. The highest BCUT2D eigenvalue weighted by Gasteiger charge is 2.17. The highest BCUT2D eigenvalue weighted by atomic mass is 32.1. The zero-order valence-corrected chi connectivity index (χ0v) is 10.7. The maximum absolute atomic E-state index is 11.0. The van der Waals surface area contributed by atoms with Crippen molar-refractivity contribution >= 4 is 22.8 Å². The van der Waals surface area contributed by atoms with Gasteiger partial charge >= 0.3 is 0 Å². The van der Waals surface area contributed by atoms with E-state index in [0.717, 1.165) is 18.5 Å². The van der Waals surface area contributed by atoms with Crippen molar-refractivity contribution in [3.63, 3.8) is 0 Å². The number of nitrogens with zero attached hydrogens (tertiary/aromatic N) is 2. The minimum Gasteiger partial charge on any atom is -0.370 e. The highest BCUT2D eigenvalue weighted by molar-refractivity contribution is 7.08. The molecule has 2 heterocycles. The van der Waals surface area contributed by atoms with Gasteiger partial charge in [-0.1, -0.05) is 6.92 Å². The second-order valence-electron chi connectivity index (χ2n) is 3.76. The van der Waals surface area contributed by atoms with E-state index in [4.69, 9.17) is 0 Å². The summed E-state index contributed by atoms with van der Waals surface area (Å²) >= 11 is 1.50. The van der Waals surface area contributed by atoms with Gasteiger partial charge in [0, 0.05) is 23.6 Å². The zero-order valence-electron chi connectivity index (χ0n) is 9.92. The van der Waals surface area contributed by atoms with Crippen molar-refractivity contribution in [2.45, 2.75) is 13.3 Å². The molecule has 0 saturated heterocycles. The summed E-state index contributed by atoms with van der Waals surface area (Å²) in [5.74, 6) is 0.670. The fourth-order valence-corrected chi connectivity index (χ4v) is 2.20. The number of nitro groups is 1. The predicted octanol–water partition coefficient (Wildman–Crippen LogP) is 3.54. The number of hydrogen-bond acceptors (Lipinski definition) is 5. The first-order valence-corrected chi connectivity index (χ1v) is 6.58. The molecule has 1 N–H and O–H groups in total. The monoisotopic (exact) mass is 263 g/mol. The van der Waals surface area contributed by atoms with Crippen LogP contribution in [0.5, 0.6) is 0 Å². The second-order valence-corrected chi connectivity index (χ2v) is 4.54. The van der Waals surface area contributed by atoms with Gasteiger partial charge in [-0.15, -0.1) is 0 Å². The summed E-state index contributed by atoms with van der Waals surface area (Å²) in [7, 11) is 0. The van der Waals surface area contributed by atoms with Crippen LogP contribution in [0, 0.1) is 10.1 Å². The van der Waals surface area contributed by atoms with Gasteiger partial charge in [0.05, 0.1) is 4.92 Å². The zero-order chi connectivity index (χ0) is 13.0. The van der Waals surface area contributed by atoms with Crippen molar-refractivity contribution in [2.24, 2.45) is 0 Å². The molecule has 2 aromatic rings. The Bertz CT molecular complexity index is 540. The Balaban J connectivity index is 2.42.